The van der Waals surface area contributed by atoms with E-state index in [9.17, 15) is 9.18 Å². The summed E-state index contributed by atoms with van der Waals surface area (Å²) in [6.07, 6.45) is 0. The number of halogens is 2. The molecule has 0 spiro atoms. The van der Waals surface area contributed by atoms with Gasteiger partial charge in [-0.15, -0.1) is 0 Å². The minimum atomic E-state index is -0.513. The highest BCUT2D eigenvalue weighted by atomic mass is 79.9. The molecule has 0 fully saturated rings. The Kier molecular flexibility index (Phi) is 5.60. The van der Waals surface area contributed by atoms with E-state index in [2.05, 4.69) is 20.9 Å². The summed E-state index contributed by atoms with van der Waals surface area (Å²) >= 11 is 3.15. The van der Waals surface area contributed by atoms with E-state index in [0.29, 0.717) is 27.3 Å². The summed E-state index contributed by atoms with van der Waals surface area (Å²) in [5.74, 6) is 0.235. The Balaban J connectivity index is 2.21. The molecule has 0 unspecified atom stereocenters. The summed E-state index contributed by atoms with van der Waals surface area (Å²) in [5, 5.41) is 0. The molecule has 3 aromatic rings. The smallest absolute Gasteiger partial charge is 0.358 e. The Hall–Kier alpha value is -2.67. The number of methoxy groups -OCH3 is 1. The largest absolute Gasteiger partial charge is 0.497 e. The fraction of sp³-hybridized carbons (Fsp3) is 0.200. The van der Waals surface area contributed by atoms with Crippen LogP contribution in [-0.2, 0) is 4.74 Å². The number of benzene rings is 2. The molecule has 0 bridgehead atoms. The molecule has 0 atom stereocenters. The second kappa shape index (κ2) is 7.92. The number of carbonyl (C=O) groups excluding carboxylic acids is 1. The van der Waals surface area contributed by atoms with Crippen molar-refractivity contribution in [2.24, 2.45) is 0 Å². The van der Waals surface area contributed by atoms with E-state index in [4.69, 9.17) is 9.47 Å². The Labute approximate surface area is 164 Å². The minimum absolute atomic E-state index is 0.200. The van der Waals surface area contributed by atoms with Crippen LogP contribution in [0.2, 0.25) is 0 Å². The number of hydrogen-bond donors (Lipinski definition) is 0. The van der Waals surface area contributed by atoms with Gasteiger partial charge in [0.25, 0.3) is 0 Å². The highest BCUT2D eigenvalue weighted by Gasteiger charge is 2.23. The zero-order valence-corrected chi connectivity index (χ0v) is 16.7. The SMILES string of the molecule is CCOC(=O)c1nc(-c2ccc(Br)c(F)c2)n(-c2ccc(OC)cc2)c1C. The molecule has 7 heteroatoms. The lowest BCUT2D eigenvalue weighted by Crippen LogP contribution is -2.07. The molecule has 0 saturated heterocycles. The van der Waals surface area contributed by atoms with Gasteiger partial charge in [-0.05, 0) is 72.2 Å². The molecule has 0 aliphatic carbocycles. The maximum atomic E-state index is 14.1. The van der Waals surface area contributed by atoms with Gasteiger partial charge in [0.15, 0.2) is 5.69 Å². The molecule has 140 valence electrons. The maximum absolute atomic E-state index is 14.1. The van der Waals surface area contributed by atoms with Crippen molar-refractivity contribution in [2.45, 2.75) is 13.8 Å². The number of hydrogen-bond acceptors (Lipinski definition) is 4. The van der Waals surface area contributed by atoms with Crippen LogP contribution < -0.4 is 4.74 Å². The molecule has 0 N–H and O–H groups in total. The van der Waals surface area contributed by atoms with Crippen molar-refractivity contribution in [2.75, 3.05) is 13.7 Å². The van der Waals surface area contributed by atoms with Gasteiger partial charge in [0.2, 0.25) is 0 Å². The highest BCUT2D eigenvalue weighted by molar-refractivity contribution is 9.10. The molecule has 5 nitrogen and oxygen atoms in total. The van der Waals surface area contributed by atoms with E-state index >= 15 is 0 Å². The van der Waals surface area contributed by atoms with Crippen LogP contribution in [0.5, 0.6) is 5.75 Å². The van der Waals surface area contributed by atoms with Gasteiger partial charge >= 0.3 is 5.97 Å². The zero-order valence-electron chi connectivity index (χ0n) is 15.1. The molecule has 2 aromatic carbocycles. The van der Waals surface area contributed by atoms with Crippen molar-refractivity contribution in [3.05, 3.63) is 64.1 Å². The second-order valence-electron chi connectivity index (χ2n) is 5.75. The first-order valence-corrected chi connectivity index (χ1v) is 9.11. The van der Waals surface area contributed by atoms with Gasteiger partial charge in [0.05, 0.1) is 23.9 Å². The molecule has 1 aromatic heterocycles. The number of ether oxygens (including phenoxy) is 2. The van der Waals surface area contributed by atoms with Crippen molar-refractivity contribution >= 4 is 21.9 Å². The lowest BCUT2D eigenvalue weighted by molar-refractivity contribution is 0.0519. The number of imidazole rings is 1. The first-order valence-electron chi connectivity index (χ1n) is 8.32. The van der Waals surface area contributed by atoms with Gasteiger partial charge in [-0.1, -0.05) is 0 Å². The van der Waals surface area contributed by atoms with Crippen LogP contribution in [0, 0.1) is 12.7 Å². The van der Waals surface area contributed by atoms with Crippen LogP contribution in [0.4, 0.5) is 4.39 Å². The van der Waals surface area contributed by atoms with E-state index in [1.54, 1.807) is 37.7 Å². The standard InChI is InChI=1S/C20H18BrFN2O3/c1-4-27-20(25)18-12(2)24(14-6-8-15(26-3)9-7-14)19(23-18)13-5-10-16(21)17(22)11-13/h5-11H,4H2,1-3H3. The summed E-state index contributed by atoms with van der Waals surface area (Å²) in [4.78, 5) is 16.8. The predicted octanol–water partition coefficient (Wildman–Crippen LogP) is 4.93. The van der Waals surface area contributed by atoms with Crippen molar-refractivity contribution in [1.29, 1.82) is 0 Å². The number of esters is 1. The Bertz CT molecular complexity index is 984. The van der Waals surface area contributed by atoms with E-state index in [0.717, 1.165) is 5.69 Å². The van der Waals surface area contributed by atoms with Gasteiger partial charge in [-0.2, -0.15) is 0 Å². The van der Waals surface area contributed by atoms with Crippen LogP contribution in [0.3, 0.4) is 0 Å². The van der Waals surface area contributed by atoms with E-state index < -0.39 is 11.8 Å². The molecule has 27 heavy (non-hydrogen) atoms. The maximum Gasteiger partial charge on any atom is 0.358 e. The monoisotopic (exact) mass is 432 g/mol. The molecule has 3 rings (SSSR count). The lowest BCUT2D eigenvalue weighted by Gasteiger charge is -2.11. The van der Waals surface area contributed by atoms with Gasteiger partial charge in [0.1, 0.15) is 17.4 Å². The highest BCUT2D eigenvalue weighted by Crippen LogP contribution is 2.30. The fourth-order valence-corrected chi connectivity index (χ4v) is 3.02. The zero-order chi connectivity index (χ0) is 19.6. The third-order valence-corrected chi connectivity index (χ3v) is 4.73. The molecule has 0 amide bonds. The topological polar surface area (TPSA) is 53.3 Å². The molecule has 1 heterocycles. The number of aromatic nitrogens is 2. The van der Waals surface area contributed by atoms with Crippen molar-refractivity contribution in [3.8, 4) is 22.8 Å². The Morgan fingerprint density at radius 3 is 2.52 bits per heavy atom. The lowest BCUT2D eigenvalue weighted by atomic mass is 10.2. The molecular formula is C20H18BrFN2O3. The van der Waals surface area contributed by atoms with Crippen LogP contribution in [0.1, 0.15) is 23.1 Å². The Morgan fingerprint density at radius 2 is 1.93 bits per heavy atom. The van der Waals surface area contributed by atoms with Crippen LogP contribution in [0.25, 0.3) is 17.1 Å². The van der Waals surface area contributed by atoms with E-state index in [1.165, 1.54) is 6.07 Å². The quantitative estimate of drug-likeness (QED) is 0.536. The average molecular weight is 433 g/mol. The second-order valence-corrected chi connectivity index (χ2v) is 6.61. The molecule has 0 aliphatic heterocycles. The number of rotatable bonds is 5. The molecule has 0 saturated carbocycles. The minimum Gasteiger partial charge on any atom is -0.497 e. The van der Waals surface area contributed by atoms with Crippen molar-refractivity contribution in [3.63, 3.8) is 0 Å². The van der Waals surface area contributed by atoms with Crippen LogP contribution in [0.15, 0.2) is 46.9 Å². The van der Waals surface area contributed by atoms with Crippen molar-refractivity contribution in [1.82, 2.24) is 9.55 Å². The van der Waals surface area contributed by atoms with Crippen LogP contribution >= 0.6 is 15.9 Å². The van der Waals surface area contributed by atoms with Gasteiger partial charge in [-0.3, -0.25) is 4.57 Å². The number of nitrogens with zero attached hydrogens (tertiary/aromatic N) is 2. The average Bonchev–Trinajstić information content (AvgIpc) is 3.01. The third kappa shape index (κ3) is 3.73. The summed E-state index contributed by atoms with van der Waals surface area (Å²) in [7, 11) is 1.59. The van der Waals surface area contributed by atoms with E-state index in [-0.39, 0.29) is 12.3 Å². The first kappa shape index (κ1) is 19.1. The van der Waals surface area contributed by atoms with E-state index in [1.807, 2.05) is 24.3 Å². The third-order valence-electron chi connectivity index (χ3n) is 4.08. The molecule has 0 radical (unpaired) electrons. The van der Waals surface area contributed by atoms with Crippen LogP contribution in [-0.4, -0.2) is 29.2 Å². The first-order chi connectivity index (χ1) is 13.0. The normalized spacial score (nSPS) is 10.7. The summed E-state index contributed by atoms with van der Waals surface area (Å²) in [6.45, 7) is 3.76. The van der Waals surface area contributed by atoms with Gasteiger partial charge in [-0.25, -0.2) is 14.2 Å². The molecule has 0 aliphatic rings. The van der Waals surface area contributed by atoms with Crippen molar-refractivity contribution < 1.29 is 18.7 Å². The summed E-state index contributed by atoms with van der Waals surface area (Å²) < 4.78 is 26.6. The predicted molar refractivity (Wildman–Crippen MR) is 104 cm³/mol. The fourth-order valence-electron chi connectivity index (χ4n) is 2.77. The summed E-state index contributed by atoms with van der Waals surface area (Å²) in [5.41, 5.74) is 2.13. The Morgan fingerprint density at radius 1 is 1.22 bits per heavy atom. The van der Waals surface area contributed by atoms with Gasteiger partial charge < -0.3 is 9.47 Å². The van der Waals surface area contributed by atoms with Gasteiger partial charge in [0, 0.05) is 11.3 Å². The summed E-state index contributed by atoms with van der Waals surface area (Å²) in [6, 6.07) is 12.0. The molecular weight excluding hydrogens is 415 g/mol. The number of carbonyl (C=O) groups is 1.